The minimum absolute atomic E-state index is 0.131. The molecule has 0 amide bonds. The van der Waals surface area contributed by atoms with E-state index < -0.39 is 23.5 Å². The van der Waals surface area contributed by atoms with Crippen LogP contribution in [0.2, 0.25) is 0 Å². The smallest absolute Gasteiger partial charge is 0.345 e. The van der Waals surface area contributed by atoms with Crippen LogP contribution in [0.15, 0.2) is 30.6 Å². The van der Waals surface area contributed by atoms with E-state index in [1.54, 1.807) is 0 Å². The van der Waals surface area contributed by atoms with Gasteiger partial charge < -0.3 is 33.3 Å². The summed E-state index contributed by atoms with van der Waals surface area (Å²) in [5.41, 5.74) is -1.09. The Kier molecular flexibility index (Phi) is 13.5. The van der Waals surface area contributed by atoms with Crippen LogP contribution < -0.4 is 20.7 Å². The highest BCUT2D eigenvalue weighted by atomic mass is 16.5. The molecule has 2 rings (SSSR count). The fraction of sp³-hybridized carbons (Fsp3) is 0.643. The number of unbranched alkanes of at least 4 members (excludes halogenated alkanes) is 6. The van der Waals surface area contributed by atoms with Gasteiger partial charge in [0.25, 0.3) is 0 Å². The first-order valence-corrected chi connectivity index (χ1v) is 13.2. The zero-order valence-electron chi connectivity index (χ0n) is 22.5. The molecule has 9 nitrogen and oxygen atoms in total. The third-order valence-corrected chi connectivity index (χ3v) is 6.31. The van der Waals surface area contributed by atoms with Gasteiger partial charge in [0.2, 0.25) is 0 Å². The van der Waals surface area contributed by atoms with Crippen LogP contribution in [0.25, 0.3) is 0 Å². The van der Waals surface area contributed by atoms with Crippen molar-refractivity contribution in [2.75, 3.05) is 14.2 Å². The minimum Gasteiger partial charge on any atom is -0.496 e. The van der Waals surface area contributed by atoms with E-state index >= 15 is 0 Å². The van der Waals surface area contributed by atoms with Crippen molar-refractivity contribution in [1.29, 1.82) is 0 Å². The Balaban J connectivity index is 2.07. The van der Waals surface area contributed by atoms with E-state index in [2.05, 4.69) is 13.8 Å². The van der Waals surface area contributed by atoms with Crippen LogP contribution in [0, 0.1) is 0 Å². The van der Waals surface area contributed by atoms with Crippen LogP contribution in [0.1, 0.15) is 113 Å². The molecule has 0 aliphatic heterocycles. The molecule has 0 unspecified atom stereocenters. The van der Waals surface area contributed by atoms with Gasteiger partial charge in [-0.2, -0.15) is 0 Å². The summed E-state index contributed by atoms with van der Waals surface area (Å²) >= 11 is 0. The highest BCUT2D eigenvalue weighted by molar-refractivity contribution is 5.33. The second kappa shape index (κ2) is 16.3. The Labute approximate surface area is 218 Å². The van der Waals surface area contributed by atoms with Gasteiger partial charge in [0.05, 0.1) is 27.4 Å². The zero-order valence-corrected chi connectivity index (χ0v) is 22.5. The molecule has 0 bridgehead atoms. The lowest BCUT2D eigenvalue weighted by Gasteiger charge is -2.14. The van der Waals surface area contributed by atoms with Crippen molar-refractivity contribution < 1.29 is 33.3 Å². The Bertz CT molecular complexity index is 973. The largest absolute Gasteiger partial charge is 0.496 e. The minimum atomic E-state index is -0.900. The van der Waals surface area contributed by atoms with E-state index in [-0.39, 0.29) is 47.4 Å². The van der Waals surface area contributed by atoms with Crippen molar-refractivity contribution >= 4 is 0 Å². The number of rotatable bonds is 18. The van der Waals surface area contributed by atoms with Gasteiger partial charge >= 0.3 is 11.3 Å². The van der Waals surface area contributed by atoms with Crippen molar-refractivity contribution in [2.24, 2.45) is 0 Å². The van der Waals surface area contributed by atoms with Crippen LogP contribution in [0.4, 0.5) is 0 Å². The van der Waals surface area contributed by atoms with Crippen LogP contribution in [-0.2, 0) is 18.0 Å². The van der Waals surface area contributed by atoms with E-state index in [1.165, 1.54) is 26.4 Å². The van der Waals surface area contributed by atoms with E-state index in [9.17, 15) is 19.8 Å². The lowest BCUT2D eigenvalue weighted by molar-refractivity contribution is 0.0932. The number of hydrogen-bond donors (Lipinski definition) is 2. The summed E-state index contributed by atoms with van der Waals surface area (Å²) in [5.74, 6) is 0.764. The van der Waals surface area contributed by atoms with Gasteiger partial charge in [-0.15, -0.1) is 0 Å². The lowest BCUT2D eigenvalue weighted by Crippen LogP contribution is -2.17. The summed E-state index contributed by atoms with van der Waals surface area (Å²) in [6.07, 6.45) is 7.17. The number of methoxy groups -OCH3 is 2. The maximum Gasteiger partial charge on any atom is 0.345 e. The van der Waals surface area contributed by atoms with Gasteiger partial charge in [-0.05, 0) is 12.8 Å². The average Bonchev–Trinajstić information content (AvgIpc) is 2.89. The standard InChI is InChI=1S/C28H42O9/c1-5-7-9-11-13-21(29)25-15-23(33-3)19(27(31)36-25)17-35-18-20-24(34-4)16-26(37-28(20)32)22(30)14-12-10-8-6-2/h15-16,21-22,29-30H,5-14,17-18H2,1-4H3/t21-,22+. The van der Waals surface area contributed by atoms with E-state index in [0.717, 1.165) is 51.4 Å². The van der Waals surface area contributed by atoms with Crippen molar-refractivity contribution in [3.05, 3.63) is 55.6 Å². The van der Waals surface area contributed by atoms with E-state index in [4.69, 9.17) is 23.0 Å². The molecule has 0 aliphatic carbocycles. The fourth-order valence-corrected chi connectivity index (χ4v) is 4.05. The summed E-state index contributed by atoms with van der Waals surface area (Å²) in [6.45, 7) is 3.84. The lowest BCUT2D eigenvalue weighted by atomic mass is 10.1. The summed E-state index contributed by atoms with van der Waals surface area (Å²) in [6, 6.07) is 2.99. The predicted molar refractivity (Wildman–Crippen MR) is 139 cm³/mol. The molecule has 0 saturated carbocycles. The first kappa shape index (κ1) is 30.6. The molecule has 9 heteroatoms. The van der Waals surface area contributed by atoms with Crippen LogP contribution in [0.5, 0.6) is 11.5 Å². The quantitative estimate of drug-likeness (QED) is 0.249. The maximum absolute atomic E-state index is 12.6. The van der Waals surface area contributed by atoms with Gasteiger partial charge in [0.1, 0.15) is 46.4 Å². The van der Waals surface area contributed by atoms with Gasteiger partial charge in [-0.3, -0.25) is 0 Å². The second-order valence-electron chi connectivity index (χ2n) is 9.19. The summed E-state index contributed by atoms with van der Waals surface area (Å²) in [4.78, 5) is 25.2. The molecule has 0 fully saturated rings. The Morgan fingerprint density at radius 2 is 1.11 bits per heavy atom. The molecule has 0 aromatic carbocycles. The van der Waals surface area contributed by atoms with Crippen LogP contribution in [0.3, 0.4) is 0 Å². The van der Waals surface area contributed by atoms with Crippen molar-refractivity contribution in [3.8, 4) is 11.5 Å². The summed E-state index contributed by atoms with van der Waals surface area (Å²) < 4.78 is 27.0. The predicted octanol–water partition coefficient (Wildman–Crippen LogP) is 5.33. The molecule has 0 spiro atoms. The van der Waals surface area contributed by atoms with Crippen molar-refractivity contribution in [1.82, 2.24) is 0 Å². The molecule has 37 heavy (non-hydrogen) atoms. The SMILES string of the molecule is CCCCCC[C@@H](O)c1cc(OC)c(COCc2c(OC)cc([C@@H](O)CCCCCC)oc2=O)c(=O)o1. The second-order valence-corrected chi connectivity index (χ2v) is 9.19. The zero-order chi connectivity index (χ0) is 27.2. The highest BCUT2D eigenvalue weighted by Crippen LogP contribution is 2.27. The number of hydrogen-bond acceptors (Lipinski definition) is 9. The number of ether oxygens (including phenoxy) is 3. The van der Waals surface area contributed by atoms with Crippen molar-refractivity contribution in [3.63, 3.8) is 0 Å². The molecule has 2 N–H and O–H groups in total. The Morgan fingerprint density at radius 1 is 0.703 bits per heavy atom. The van der Waals surface area contributed by atoms with Crippen LogP contribution >= 0.6 is 0 Å². The normalized spacial score (nSPS) is 12.9. The maximum atomic E-state index is 12.6. The topological polar surface area (TPSA) is 129 Å². The molecule has 2 aromatic rings. The number of aliphatic hydroxyl groups excluding tert-OH is 2. The van der Waals surface area contributed by atoms with Gasteiger partial charge in [0.15, 0.2) is 0 Å². The summed E-state index contributed by atoms with van der Waals surface area (Å²) in [5, 5.41) is 20.8. The molecule has 2 heterocycles. The third kappa shape index (κ3) is 9.32. The summed E-state index contributed by atoms with van der Waals surface area (Å²) in [7, 11) is 2.83. The molecular weight excluding hydrogens is 480 g/mol. The Hall–Kier alpha value is -2.62. The van der Waals surface area contributed by atoms with E-state index in [1.807, 2.05) is 0 Å². The highest BCUT2D eigenvalue weighted by Gasteiger charge is 2.20. The number of aliphatic hydroxyl groups is 2. The molecule has 208 valence electrons. The molecule has 0 saturated heterocycles. The monoisotopic (exact) mass is 522 g/mol. The Morgan fingerprint density at radius 3 is 1.46 bits per heavy atom. The molecular formula is C28H42O9. The van der Waals surface area contributed by atoms with E-state index in [0.29, 0.717) is 12.8 Å². The first-order chi connectivity index (χ1) is 17.9. The first-order valence-electron chi connectivity index (χ1n) is 13.2. The average molecular weight is 523 g/mol. The molecule has 0 aliphatic rings. The van der Waals surface area contributed by atoms with Crippen molar-refractivity contribution in [2.45, 2.75) is 103 Å². The van der Waals surface area contributed by atoms with Gasteiger partial charge in [-0.1, -0.05) is 65.2 Å². The third-order valence-electron chi connectivity index (χ3n) is 6.31. The molecule has 2 atom stereocenters. The van der Waals surface area contributed by atoms with Gasteiger partial charge in [-0.25, -0.2) is 9.59 Å². The van der Waals surface area contributed by atoms with Crippen LogP contribution in [-0.4, -0.2) is 24.4 Å². The van der Waals surface area contributed by atoms with Gasteiger partial charge in [0, 0.05) is 12.1 Å². The fourth-order valence-electron chi connectivity index (χ4n) is 4.05. The molecule has 0 radical (unpaired) electrons. The molecule has 2 aromatic heterocycles.